The van der Waals surface area contributed by atoms with Gasteiger partial charge in [0.05, 0.1) is 13.2 Å². The summed E-state index contributed by atoms with van der Waals surface area (Å²) in [6.07, 6.45) is 1.10. The van der Waals surface area contributed by atoms with Gasteiger partial charge in [-0.15, -0.1) is 0 Å². The molecule has 0 spiro atoms. The van der Waals surface area contributed by atoms with Gasteiger partial charge in [0.1, 0.15) is 6.33 Å². The molecule has 2 rings (SSSR count). The van der Waals surface area contributed by atoms with Crippen molar-refractivity contribution in [2.24, 2.45) is 0 Å². The number of rotatable bonds is 3. The van der Waals surface area contributed by atoms with E-state index in [2.05, 4.69) is 9.97 Å². The summed E-state index contributed by atoms with van der Waals surface area (Å²) >= 11 is 0. The zero-order valence-corrected chi connectivity index (χ0v) is 8.55. The highest BCUT2D eigenvalue weighted by molar-refractivity contribution is 5.41. The van der Waals surface area contributed by atoms with Crippen LogP contribution in [0.1, 0.15) is 0 Å². The first kappa shape index (κ1) is 10.4. The minimum Gasteiger partial charge on any atom is -0.493 e. The minimum atomic E-state index is -0.639. The van der Waals surface area contributed by atoms with Crippen molar-refractivity contribution in [3.8, 4) is 17.4 Å². The molecule has 0 bridgehead atoms. The van der Waals surface area contributed by atoms with Gasteiger partial charge in [0.25, 0.3) is 0 Å². The number of benzene rings is 1. The molecule has 0 amide bonds. The molecular formula is C11H9FN2O2. The molecule has 1 aromatic carbocycles. The topological polar surface area (TPSA) is 44.2 Å². The van der Waals surface area contributed by atoms with Gasteiger partial charge < -0.3 is 9.47 Å². The van der Waals surface area contributed by atoms with Crippen LogP contribution < -0.4 is 9.47 Å². The monoisotopic (exact) mass is 220 g/mol. The summed E-state index contributed by atoms with van der Waals surface area (Å²) in [6, 6.07) is 8.15. The van der Waals surface area contributed by atoms with Crippen LogP contribution >= 0.6 is 0 Å². The molecule has 0 radical (unpaired) electrons. The third kappa shape index (κ3) is 2.25. The van der Waals surface area contributed by atoms with Gasteiger partial charge in [-0.1, -0.05) is 12.1 Å². The Balaban J connectivity index is 2.26. The lowest BCUT2D eigenvalue weighted by Crippen LogP contribution is -1.93. The fraction of sp³-hybridized carbons (Fsp3) is 0.0909. The van der Waals surface area contributed by atoms with Gasteiger partial charge in [0, 0.05) is 0 Å². The first-order valence-electron chi connectivity index (χ1n) is 4.58. The van der Waals surface area contributed by atoms with Crippen LogP contribution in [-0.2, 0) is 0 Å². The number of halogens is 1. The number of aromatic nitrogens is 2. The van der Waals surface area contributed by atoms with E-state index in [-0.39, 0.29) is 5.88 Å². The minimum absolute atomic E-state index is 0.136. The lowest BCUT2D eigenvalue weighted by molar-refractivity contribution is 0.372. The summed E-state index contributed by atoms with van der Waals surface area (Å²) < 4.78 is 23.2. The number of hydrogen-bond acceptors (Lipinski definition) is 4. The number of ether oxygens (including phenoxy) is 2. The van der Waals surface area contributed by atoms with Gasteiger partial charge in [-0.2, -0.15) is 4.39 Å². The molecule has 0 unspecified atom stereocenters. The van der Waals surface area contributed by atoms with Crippen molar-refractivity contribution in [2.45, 2.75) is 0 Å². The predicted molar refractivity (Wildman–Crippen MR) is 55.1 cm³/mol. The van der Waals surface area contributed by atoms with Crippen molar-refractivity contribution in [1.82, 2.24) is 9.97 Å². The number of para-hydroxylation sites is 2. The standard InChI is InChI=1S/C11H9FN2O2/c1-15-8-4-2-3-5-9(8)16-11-6-10(12)13-7-14-11/h2-7H,1H3. The zero-order chi connectivity index (χ0) is 11.4. The molecular weight excluding hydrogens is 211 g/mol. The van der Waals surface area contributed by atoms with Crippen molar-refractivity contribution in [3.05, 3.63) is 42.6 Å². The van der Waals surface area contributed by atoms with E-state index in [4.69, 9.17) is 9.47 Å². The van der Waals surface area contributed by atoms with Crippen LogP contribution in [0.4, 0.5) is 4.39 Å². The SMILES string of the molecule is COc1ccccc1Oc1cc(F)ncn1. The molecule has 2 aromatic rings. The molecule has 0 saturated carbocycles. The van der Waals surface area contributed by atoms with Crippen LogP contribution in [0.5, 0.6) is 17.4 Å². The van der Waals surface area contributed by atoms with Crippen molar-refractivity contribution in [1.29, 1.82) is 0 Å². The van der Waals surface area contributed by atoms with Crippen molar-refractivity contribution < 1.29 is 13.9 Å². The van der Waals surface area contributed by atoms with Crippen LogP contribution in [0, 0.1) is 5.95 Å². The molecule has 0 fully saturated rings. The maximum Gasteiger partial charge on any atom is 0.225 e. The quantitative estimate of drug-likeness (QED) is 0.745. The van der Waals surface area contributed by atoms with Crippen LogP contribution in [0.2, 0.25) is 0 Å². The largest absolute Gasteiger partial charge is 0.493 e. The summed E-state index contributed by atoms with van der Waals surface area (Å²) in [5.41, 5.74) is 0. The van der Waals surface area contributed by atoms with Crippen molar-refractivity contribution >= 4 is 0 Å². The molecule has 82 valence electrons. The average molecular weight is 220 g/mol. The van der Waals surface area contributed by atoms with Crippen molar-refractivity contribution in [2.75, 3.05) is 7.11 Å². The Morgan fingerprint density at radius 3 is 2.56 bits per heavy atom. The summed E-state index contributed by atoms with van der Waals surface area (Å²) in [5.74, 6) is 0.529. The van der Waals surface area contributed by atoms with Crippen molar-refractivity contribution in [3.63, 3.8) is 0 Å². The fourth-order valence-corrected chi connectivity index (χ4v) is 1.19. The predicted octanol–water partition coefficient (Wildman–Crippen LogP) is 2.42. The normalized spacial score (nSPS) is 9.88. The van der Waals surface area contributed by atoms with Gasteiger partial charge in [-0.25, -0.2) is 9.97 Å². The Morgan fingerprint density at radius 2 is 1.88 bits per heavy atom. The smallest absolute Gasteiger partial charge is 0.225 e. The van der Waals surface area contributed by atoms with Gasteiger partial charge in [-0.05, 0) is 12.1 Å². The molecule has 0 N–H and O–H groups in total. The van der Waals surface area contributed by atoms with Crippen LogP contribution in [0.25, 0.3) is 0 Å². The van der Waals surface area contributed by atoms with E-state index < -0.39 is 5.95 Å². The molecule has 4 nitrogen and oxygen atoms in total. The first-order valence-corrected chi connectivity index (χ1v) is 4.58. The summed E-state index contributed by atoms with van der Waals surface area (Å²) in [6.45, 7) is 0. The van der Waals surface area contributed by atoms with Gasteiger partial charge in [0.2, 0.25) is 11.8 Å². The summed E-state index contributed by atoms with van der Waals surface area (Å²) in [7, 11) is 1.53. The Morgan fingerprint density at radius 1 is 1.12 bits per heavy atom. The summed E-state index contributed by atoms with van der Waals surface area (Å²) in [5, 5.41) is 0. The van der Waals surface area contributed by atoms with Gasteiger partial charge in [-0.3, -0.25) is 0 Å². The van der Waals surface area contributed by atoms with E-state index in [1.165, 1.54) is 7.11 Å². The van der Waals surface area contributed by atoms with E-state index in [9.17, 15) is 4.39 Å². The lowest BCUT2D eigenvalue weighted by atomic mass is 10.3. The molecule has 0 atom stereocenters. The highest BCUT2D eigenvalue weighted by Crippen LogP contribution is 2.29. The second kappa shape index (κ2) is 4.57. The molecule has 1 heterocycles. The maximum absolute atomic E-state index is 12.8. The van der Waals surface area contributed by atoms with E-state index in [1.54, 1.807) is 18.2 Å². The van der Waals surface area contributed by atoms with Crippen LogP contribution in [-0.4, -0.2) is 17.1 Å². The van der Waals surface area contributed by atoms with E-state index in [1.807, 2.05) is 6.07 Å². The Bertz CT molecular complexity index is 491. The molecule has 5 heteroatoms. The second-order valence-corrected chi connectivity index (χ2v) is 2.93. The molecule has 0 aliphatic carbocycles. The van der Waals surface area contributed by atoms with Crippen LogP contribution in [0.3, 0.4) is 0 Å². The van der Waals surface area contributed by atoms with E-state index in [0.29, 0.717) is 11.5 Å². The number of methoxy groups -OCH3 is 1. The molecule has 16 heavy (non-hydrogen) atoms. The molecule has 0 saturated heterocycles. The van der Waals surface area contributed by atoms with Gasteiger partial charge >= 0.3 is 0 Å². The maximum atomic E-state index is 12.8. The van der Waals surface area contributed by atoms with Crippen LogP contribution in [0.15, 0.2) is 36.7 Å². The molecule has 0 aliphatic rings. The van der Waals surface area contributed by atoms with E-state index in [0.717, 1.165) is 12.4 Å². The number of hydrogen-bond donors (Lipinski definition) is 0. The Kier molecular flexibility index (Phi) is 2.95. The van der Waals surface area contributed by atoms with Gasteiger partial charge in [0.15, 0.2) is 11.5 Å². The zero-order valence-electron chi connectivity index (χ0n) is 8.55. The highest BCUT2D eigenvalue weighted by Gasteiger charge is 2.05. The lowest BCUT2D eigenvalue weighted by Gasteiger charge is -2.08. The third-order valence-electron chi connectivity index (χ3n) is 1.89. The second-order valence-electron chi connectivity index (χ2n) is 2.93. The third-order valence-corrected chi connectivity index (χ3v) is 1.89. The molecule has 1 aromatic heterocycles. The van der Waals surface area contributed by atoms with E-state index >= 15 is 0 Å². The Labute approximate surface area is 91.7 Å². The first-order chi connectivity index (χ1) is 7.79. The number of nitrogens with zero attached hydrogens (tertiary/aromatic N) is 2. The molecule has 0 aliphatic heterocycles. The fourth-order valence-electron chi connectivity index (χ4n) is 1.19. The Hall–Kier alpha value is -2.17. The average Bonchev–Trinajstić information content (AvgIpc) is 2.30. The summed E-state index contributed by atoms with van der Waals surface area (Å²) in [4.78, 5) is 7.12. The highest BCUT2D eigenvalue weighted by atomic mass is 19.1.